The van der Waals surface area contributed by atoms with Crippen molar-refractivity contribution in [3.8, 4) is 11.6 Å². The molecule has 0 saturated heterocycles. The van der Waals surface area contributed by atoms with E-state index in [9.17, 15) is 0 Å². The zero-order valence-electron chi connectivity index (χ0n) is 7.21. The first-order valence-electron chi connectivity index (χ1n) is 3.88. The Hall–Kier alpha value is -1.84. The first kappa shape index (κ1) is 7.79. The number of aromatic nitrogens is 3. The van der Waals surface area contributed by atoms with E-state index >= 15 is 0 Å². The maximum atomic E-state index is 4.95. The second-order valence-corrected chi connectivity index (χ2v) is 2.53. The van der Waals surface area contributed by atoms with Gasteiger partial charge in [0.05, 0.1) is 25.3 Å². The Morgan fingerprint density at radius 3 is 2.85 bits per heavy atom. The highest BCUT2D eigenvalue weighted by atomic mass is 16.5. The van der Waals surface area contributed by atoms with Crippen LogP contribution in [0.4, 0.5) is 0 Å². The van der Waals surface area contributed by atoms with Gasteiger partial charge < -0.3 is 9.30 Å². The summed E-state index contributed by atoms with van der Waals surface area (Å²) in [6.07, 6.45) is 7.05. The summed E-state index contributed by atoms with van der Waals surface area (Å²) >= 11 is 0. The molecule has 2 aromatic rings. The van der Waals surface area contributed by atoms with Crippen LogP contribution in [0.5, 0.6) is 5.88 Å². The minimum absolute atomic E-state index is 0.615. The second kappa shape index (κ2) is 3.26. The molecule has 2 rings (SSSR count). The predicted octanol–water partition coefficient (Wildman–Crippen LogP) is 1.28. The van der Waals surface area contributed by atoms with Crippen molar-refractivity contribution in [2.75, 3.05) is 7.11 Å². The quantitative estimate of drug-likeness (QED) is 0.690. The molecule has 0 saturated carbocycles. The minimum Gasteiger partial charge on any atom is -0.481 e. The van der Waals surface area contributed by atoms with Gasteiger partial charge in [0.1, 0.15) is 0 Å². The SMILES string of the molecule is COc1ccc(-n2ccnc2)cn1. The monoisotopic (exact) mass is 175 g/mol. The lowest BCUT2D eigenvalue weighted by molar-refractivity contribution is 0.398. The van der Waals surface area contributed by atoms with Crippen molar-refractivity contribution < 1.29 is 4.74 Å². The van der Waals surface area contributed by atoms with Crippen LogP contribution in [0, 0.1) is 0 Å². The van der Waals surface area contributed by atoms with Gasteiger partial charge in [0.15, 0.2) is 0 Å². The molecule has 0 amide bonds. The number of hydrogen-bond donors (Lipinski definition) is 0. The summed E-state index contributed by atoms with van der Waals surface area (Å²) in [5.74, 6) is 0.615. The molecule has 0 fully saturated rings. The van der Waals surface area contributed by atoms with Crippen LogP contribution in [0.1, 0.15) is 0 Å². The lowest BCUT2D eigenvalue weighted by Crippen LogP contribution is -1.92. The Labute approximate surface area is 75.8 Å². The standard InChI is InChI=1S/C9H9N3O/c1-13-9-3-2-8(6-11-9)12-5-4-10-7-12/h2-7H,1H3. The van der Waals surface area contributed by atoms with Crippen LogP contribution in [0.3, 0.4) is 0 Å². The maximum Gasteiger partial charge on any atom is 0.213 e. The van der Waals surface area contributed by atoms with Crippen molar-refractivity contribution >= 4 is 0 Å². The van der Waals surface area contributed by atoms with Crippen LogP contribution in [0.2, 0.25) is 0 Å². The largest absolute Gasteiger partial charge is 0.481 e. The highest BCUT2D eigenvalue weighted by Gasteiger charge is 1.96. The second-order valence-electron chi connectivity index (χ2n) is 2.53. The van der Waals surface area contributed by atoms with E-state index < -0.39 is 0 Å². The van der Waals surface area contributed by atoms with Gasteiger partial charge in [-0.25, -0.2) is 9.97 Å². The Morgan fingerprint density at radius 1 is 1.38 bits per heavy atom. The molecular weight excluding hydrogens is 166 g/mol. The summed E-state index contributed by atoms with van der Waals surface area (Å²) in [5, 5.41) is 0. The van der Waals surface area contributed by atoms with Crippen molar-refractivity contribution in [1.29, 1.82) is 0 Å². The molecule has 2 aromatic heterocycles. The smallest absolute Gasteiger partial charge is 0.213 e. The zero-order valence-corrected chi connectivity index (χ0v) is 7.21. The number of pyridine rings is 1. The fourth-order valence-electron chi connectivity index (χ4n) is 1.06. The molecule has 0 bridgehead atoms. The molecule has 13 heavy (non-hydrogen) atoms. The third-order valence-electron chi connectivity index (χ3n) is 1.73. The minimum atomic E-state index is 0.615. The molecule has 4 nitrogen and oxygen atoms in total. The highest BCUT2D eigenvalue weighted by molar-refractivity contribution is 5.30. The third kappa shape index (κ3) is 1.51. The maximum absolute atomic E-state index is 4.95. The summed E-state index contributed by atoms with van der Waals surface area (Å²) in [4.78, 5) is 8.03. The van der Waals surface area contributed by atoms with Gasteiger partial charge >= 0.3 is 0 Å². The lowest BCUT2D eigenvalue weighted by atomic mass is 10.4. The van der Waals surface area contributed by atoms with Gasteiger partial charge in [-0.2, -0.15) is 0 Å². The Balaban J connectivity index is 2.33. The molecule has 0 spiro atoms. The molecule has 0 unspecified atom stereocenters. The topological polar surface area (TPSA) is 39.9 Å². The first-order chi connectivity index (χ1) is 6.40. The van der Waals surface area contributed by atoms with Gasteiger partial charge in [-0.1, -0.05) is 0 Å². The van der Waals surface area contributed by atoms with E-state index in [-0.39, 0.29) is 0 Å². The first-order valence-corrected chi connectivity index (χ1v) is 3.88. The number of ether oxygens (including phenoxy) is 1. The van der Waals surface area contributed by atoms with E-state index in [2.05, 4.69) is 9.97 Å². The van der Waals surface area contributed by atoms with Gasteiger partial charge in [-0.3, -0.25) is 0 Å². The van der Waals surface area contributed by atoms with E-state index in [1.165, 1.54) is 0 Å². The number of hydrogen-bond acceptors (Lipinski definition) is 3. The third-order valence-corrected chi connectivity index (χ3v) is 1.73. The summed E-state index contributed by atoms with van der Waals surface area (Å²) in [7, 11) is 1.60. The van der Waals surface area contributed by atoms with Crippen LogP contribution in [0.25, 0.3) is 5.69 Å². The predicted molar refractivity (Wildman–Crippen MR) is 47.9 cm³/mol. The Morgan fingerprint density at radius 2 is 2.31 bits per heavy atom. The number of methoxy groups -OCH3 is 1. The summed E-state index contributed by atoms with van der Waals surface area (Å²) in [6, 6.07) is 3.74. The van der Waals surface area contributed by atoms with Crippen LogP contribution in [-0.4, -0.2) is 21.6 Å². The molecule has 0 aliphatic carbocycles. The van der Waals surface area contributed by atoms with Crippen LogP contribution in [0.15, 0.2) is 37.1 Å². The fourth-order valence-corrected chi connectivity index (χ4v) is 1.06. The van der Waals surface area contributed by atoms with Crippen molar-refractivity contribution in [2.24, 2.45) is 0 Å². The zero-order chi connectivity index (χ0) is 9.10. The van der Waals surface area contributed by atoms with Gasteiger partial charge in [0.25, 0.3) is 0 Å². The molecule has 0 N–H and O–H groups in total. The molecular formula is C9H9N3O. The van der Waals surface area contributed by atoms with Crippen molar-refractivity contribution in [2.45, 2.75) is 0 Å². The van der Waals surface area contributed by atoms with Crippen LogP contribution >= 0.6 is 0 Å². The normalized spacial score (nSPS) is 9.92. The summed E-state index contributed by atoms with van der Waals surface area (Å²) < 4.78 is 6.83. The van der Waals surface area contributed by atoms with Gasteiger partial charge in [-0.05, 0) is 6.07 Å². The summed E-state index contributed by atoms with van der Waals surface area (Å²) in [5.41, 5.74) is 0.971. The molecule has 0 atom stereocenters. The molecule has 0 radical (unpaired) electrons. The molecule has 0 aromatic carbocycles. The van der Waals surface area contributed by atoms with E-state index in [1.807, 2.05) is 22.9 Å². The molecule has 4 heteroatoms. The van der Waals surface area contributed by atoms with E-state index in [0.29, 0.717) is 5.88 Å². The van der Waals surface area contributed by atoms with E-state index in [0.717, 1.165) is 5.69 Å². The number of rotatable bonds is 2. The van der Waals surface area contributed by atoms with E-state index in [1.54, 1.807) is 25.8 Å². The number of nitrogens with zero attached hydrogens (tertiary/aromatic N) is 3. The molecule has 2 heterocycles. The van der Waals surface area contributed by atoms with Crippen LogP contribution < -0.4 is 4.74 Å². The Bertz CT molecular complexity index is 366. The van der Waals surface area contributed by atoms with Gasteiger partial charge in [0, 0.05) is 18.5 Å². The molecule has 66 valence electrons. The summed E-state index contributed by atoms with van der Waals surface area (Å²) in [6.45, 7) is 0. The number of imidazole rings is 1. The highest BCUT2D eigenvalue weighted by Crippen LogP contribution is 2.09. The fraction of sp³-hybridized carbons (Fsp3) is 0.111. The Kier molecular flexibility index (Phi) is 1.96. The average Bonchev–Trinajstić information content (AvgIpc) is 2.71. The average molecular weight is 175 g/mol. The lowest BCUT2D eigenvalue weighted by Gasteiger charge is -2.01. The van der Waals surface area contributed by atoms with E-state index in [4.69, 9.17) is 4.74 Å². The molecule has 0 aliphatic rings. The van der Waals surface area contributed by atoms with Crippen LogP contribution in [-0.2, 0) is 0 Å². The van der Waals surface area contributed by atoms with Gasteiger partial charge in [0.2, 0.25) is 5.88 Å². The van der Waals surface area contributed by atoms with Crippen molar-refractivity contribution in [1.82, 2.24) is 14.5 Å². The molecule has 0 aliphatic heterocycles. The van der Waals surface area contributed by atoms with Crippen molar-refractivity contribution in [3.63, 3.8) is 0 Å². The van der Waals surface area contributed by atoms with Gasteiger partial charge in [-0.15, -0.1) is 0 Å². The van der Waals surface area contributed by atoms with Crippen molar-refractivity contribution in [3.05, 3.63) is 37.1 Å².